The lowest BCUT2D eigenvalue weighted by Gasteiger charge is -2.10. The molecule has 0 saturated carbocycles. The van der Waals surface area contributed by atoms with Crippen molar-refractivity contribution < 1.29 is 4.74 Å². The number of pyridine rings is 2. The van der Waals surface area contributed by atoms with Crippen molar-refractivity contribution in [3.05, 3.63) is 157 Å². The number of aromatic nitrogens is 4. The van der Waals surface area contributed by atoms with Gasteiger partial charge in [-0.3, -0.25) is 9.55 Å². The highest BCUT2D eigenvalue weighted by Crippen LogP contribution is 2.43. The lowest BCUT2D eigenvalue weighted by Crippen LogP contribution is -1.98. The minimum absolute atomic E-state index is 0.752. The van der Waals surface area contributed by atoms with Crippen LogP contribution in [0.1, 0.15) is 5.56 Å². The van der Waals surface area contributed by atoms with Gasteiger partial charge in [-0.05, 0) is 85.3 Å². The molecule has 0 fully saturated rings. The van der Waals surface area contributed by atoms with Gasteiger partial charge in [0.05, 0.1) is 27.8 Å². The van der Waals surface area contributed by atoms with Crippen molar-refractivity contribution in [2.45, 2.75) is 6.92 Å². The van der Waals surface area contributed by atoms with E-state index in [1.165, 1.54) is 27.2 Å². The number of para-hydroxylation sites is 2. The number of rotatable bonds is 5. The highest BCUT2D eigenvalue weighted by atomic mass is 16.5. The third kappa shape index (κ3) is 4.17. The van der Waals surface area contributed by atoms with Crippen LogP contribution in [-0.4, -0.2) is 19.1 Å². The van der Waals surface area contributed by atoms with Crippen molar-refractivity contribution in [1.29, 1.82) is 0 Å². The van der Waals surface area contributed by atoms with E-state index in [-0.39, 0.29) is 0 Å². The molecule has 9 aromatic rings. The summed E-state index contributed by atoms with van der Waals surface area (Å²) in [6.45, 7) is 2.10. The molecule has 0 aliphatic heterocycles. The third-order valence-corrected chi connectivity index (χ3v) is 8.71. The van der Waals surface area contributed by atoms with Gasteiger partial charge < -0.3 is 9.30 Å². The average Bonchev–Trinajstić information content (AvgIpc) is 3.62. The Hall–Kier alpha value is -6.20. The van der Waals surface area contributed by atoms with Crippen LogP contribution in [0.3, 0.4) is 0 Å². The molecule has 218 valence electrons. The molecule has 0 unspecified atom stereocenters. The third-order valence-electron chi connectivity index (χ3n) is 8.71. The van der Waals surface area contributed by atoms with Crippen molar-refractivity contribution in [2.75, 3.05) is 0 Å². The van der Waals surface area contributed by atoms with Crippen LogP contribution in [0.25, 0.3) is 66.4 Å². The fourth-order valence-corrected chi connectivity index (χ4v) is 6.72. The molecule has 5 aromatic carbocycles. The normalized spacial score (nSPS) is 11.6. The van der Waals surface area contributed by atoms with Gasteiger partial charge in [0.2, 0.25) is 0 Å². The monoisotopic (exact) mass is 592 g/mol. The van der Waals surface area contributed by atoms with Gasteiger partial charge in [0.1, 0.15) is 17.3 Å². The van der Waals surface area contributed by atoms with Crippen molar-refractivity contribution in [2.24, 2.45) is 0 Å². The van der Waals surface area contributed by atoms with Gasteiger partial charge in [-0.15, -0.1) is 0 Å². The summed E-state index contributed by atoms with van der Waals surface area (Å²) in [5, 5.41) is 4.76. The van der Waals surface area contributed by atoms with Gasteiger partial charge in [-0.2, -0.15) is 0 Å². The molecule has 4 aromatic heterocycles. The summed E-state index contributed by atoms with van der Waals surface area (Å²) < 4.78 is 11.2. The molecule has 0 saturated heterocycles. The fourth-order valence-electron chi connectivity index (χ4n) is 6.72. The van der Waals surface area contributed by atoms with Crippen LogP contribution in [0, 0.1) is 6.92 Å². The molecular formula is C41H28N4O. The molecule has 46 heavy (non-hydrogen) atoms. The SMILES string of the molecule is Cc1ccnc(-n2c3cc(Oc4cccc(-c5ccccn5)c4)ccc3c3c2ccc2c4ccccc4n(-c4ccccc4)c23)c1. The topological polar surface area (TPSA) is 44.9 Å². The number of hydrogen-bond donors (Lipinski definition) is 0. The van der Waals surface area contributed by atoms with E-state index in [0.29, 0.717) is 0 Å². The summed E-state index contributed by atoms with van der Waals surface area (Å²) in [5.74, 6) is 2.38. The fraction of sp³-hybridized carbons (Fsp3) is 0.0244. The predicted octanol–water partition coefficient (Wildman–Crippen LogP) is 10.4. The molecule has 5 nitrogen and oxygen atoms in total. The lowest BCUT2D eigenvalue weighted by atomic mass is 10.1. The minimum Gasteiger partial charge on any atom is -0.457 e. The summed E-state index contributed by atoms with van der Waals surface area (Å²) in [4.78, 5) is 9.37. The second-order valence-electron chi connectivity index (χ2n) is 11.6. The van der Waals surface area contributed by atoms with E-state index >= 15 is 0 Å². The van der Waals surface area contributed by atoms with E-state index in [4.69, 9.17) is 9.72 Å². The van der Waals surface area contributed by atoms with Crippen LogP contribution in [0.15, 0.2) is 152 Å². The largest absolute Gasteiger partial charge is 0.457 e. The minimum atomic E-state index is 0.752. The number of fused-ring (bicyclic) bond motifs is 7. The number of benzene rings is 5. The Morgan fingerprint density at radius 1 is 0.522 bits per heavy atom. The van der Waals surface area contributed by atoms with E-state index in [1.54, 1.807) is 0 Å². The summed E-state index contributed by atoms with van der Waals surface area (Å²) in [7, 11) is 0. The maximum atomic E-state index is 6.52. The molecule has 0 aliphatic carbocycles. The van der Waals surface area contributed by atoms with Gasteiger partial charge in [0, 0.05) is 51.3 Å². The molecule has 0 spiro atoms. The summed E-state index contributed by atoms with van der Waals surface area (Å²) >= 11 is 0. The van der Waals surface area contributed by atoms with Crippen LogP contribution in [0.2, 0.25) is 0 Å². The van der Waals surface area contributed by atoms with Crippen LogP contribution >= 0.6 is 0 Å². The number of aryl methyl sites for hydroxylation is 1. The van der Waals surface area contributed by atoms with Gasteiger partial charge in [0.15, 0.2) is 0 Å². The van der Waals surface area contributed by atoms with Gasteiger partial charge in [-0.25, -0.2) is 4.98 Å². The Labute approximate surface area is 265 Å². The molecule has 0 amide bonds. The first-order valence-electron chi connectivity index (χ1n) is 15.4. The Morgan fingerprint density at radius 3 is 2.22 bits per heavy atom. The molecule has 0 atom stereocenters. The van der Waals surface area contributed by atoms with Crippen LogP contribution < -0.4 is 4.74 Å². The molecule has 0 N–H and O–H groups in total. The number of hydrogen-bond acceptors (Lipinski definition) is 3. The molecular weight excluding hydrogens is 564 g/mol. The Balaban J connectivity index is 1.32. The summed E-state index contributed by atoms with van der Waals surface area (Å²) in [6, 6.07) is 48.3. The summed E-state index contributed by atoms with van der Waals surface area (Å²) in [5.41, 5.74) is 8.68. The van der Waals surface area contributed by atoms with Crippen molar-refractivity contribution in [1.82, 2.24) is 19.1 Å². The first-order chi connectivity index (χ1) is 22.7. The maximum absolute atomic E-state index is 6.52. The van der Waals surface area contributed by atoms with Crippen LogP contribution in [0.5, 0.6) is 11.5 Å². The van der Waals surface area contributed by atoms with Gasteiger partial charge in [0.25, 0.3) is 0 Å². The van der Waals surface area contributed by atoms with E-state index in [0.717, 1.165) is 56.2 Å². The first kappa shape index (κ1) is 26.2. The van der Waals surface area contributed by atoms with E-state index in [9.17, 15) is 0 Å². The van der Waals surface area contributed by atoms with Gasteiger partial charge in [-0.1, -0.05) is 60.7 Å². The second-order valence-corrected chi connectivity index (χ2v) is 11.6. The number of nitrogens with zero attached hydrogens (tertiary/aromatic N) is 4. The second kappa shape index (κ2) is 10.5. The average molecular weight is 593 g/mol. The van der Waals surface area contributed by atoms with Gasteiger partial charge >= 0.3 is 0 Å². The highest BCUT2D eigenvalue weighted by Gasteiger charge is 2.21. The lowest BCUT2D eigenvalue weighted by molar-refractivity contribution is 0.483. The Kier molecular flexibility index (Phi) is 5.96. The molecule has 0 bridgehead atoms. The Morgan fingerprint density at radius 2 is 1.35 bits per heavy atom. The molecule has 0 radical (unpaired) electrons. The quantitative estimate of drug-likeness (QED) is 0.200. The zero-order valence-electron chi connectivity index (χ0n) is 25.1. The van der Waals surface area contributed by atoms with E-state index in [2.05, 4.69) is 118 Å². The van der Waals surface area contributed by atoms with Crippen molar-refractivity contribution in [3.63, 3.8) is 0 Å². The van der Waals surface area contributed by atoms with E-state index < -0.39 is 0 Å². The highest BCUT2D eigenvalue weighted by molar-refractivity contribution is 6.26. The van der Waals surface area contributed by atoms with Crippen LogP contribution in [0.4, 0.5) is 0 Å². The zero-order chi connectivity index (χ0) is 30.6. The standard InChI is InChI=1S/C41H28N4O/c1-27-21-23-43-39(24-27)45-37-20-19-33-32-14-5-6-16-36(32)44(29-11-3-2-4-12-29)41(33)40(37)34-18-17-31(26-38(34)45)46-30-13-9-10-28(25-30)35-15-7-8-22-42-35/h2-26H,1H3. The molecule has 5 heteroatoms. The van der Waals surface area contributed by atoms with Crippen LogP contribution in [-0.2, 0) is 0 Å². The predicted molar refractivity (Wildman–Crippen MR) is 187 cm³/mol. The van der Waals surface area contributed by atoms with Crippen molar-refractivity contribution in [3.8, 4) is 34.3 Å². The number of ether oxygens (including phenoxy) is 1. The first-order valence-corrected chi connectivity index (χ1v) is 15.4. The molecule has 0 aliphatic rings. The van der Waals surface area contributed by atoms with Crippen molar-refractivity contribution >= 4 is 43.6 Å². The molecule has 9 rings (SSSR count). The summed E-state index contributed by atoms with van der Waals surface area (Å²) in [6.07, 6.45) is 3.69. The zero-order valence-corrected chi connectivity index (χ0v) is 25.1. The maximum Gasteiger partial charge on any atom is 0.137 e. The Bertz CT molecular complexity index is 2560. The smallest absolute Gasteiger partial charge is 0.137 e. The van der Waals surface area contributed by atoms with E-state index in [1.807, 2.05) is 54.9 Å². The molecule has 4 heterocycles.